The predicted octanol–water partition coefficient (Wildman–Crippen LogP) is 2.58. The Kier molecular flexibility index (Phi) is 5.22. The van der Waals surface area contributed by atoms with Crippen LogP contribution in [0.2, 0.25) is 0 Å². The van der Waals surface area contributed by atoms with Gasteiger partial charge in [-0.25, -0.2) is 0 Å². The number of nitrogens with one attached hydrogen (secondary N) is 1. The maximum absolute atomic E-state index is 10.5. The van der Waals surface area contributed by atoms with Crippen LogP contribution in [0, 0.1) is 5.92 Å². The molecule has 1 fully saturated rings. The zero-order valence-electron chi connectivity index (χ0n) is 13.1. The first-order chi connectivity index (χ1) is 9.47. The Balaban J connectivity index is 1.72. The lowest BCUT2D eigenvalue weighted by Crippen LogP contribution is -2.39. The molecule has 1 aliphatic rings. The van der Waals surface area contributed by atoms with E-state index in [-0.39, 0.29) is 0 Å². The van der Waals surface area contributed by atoms with Crippen LogP contribution < -0.4 is 5.32 Å². The smallest absolute Gasteiger partial charge is 0.102 e. The van der Waals surface area contributed by atoms with E-state index in [4.69, 9.17) is 0 Å². The van der Waals surface area contributed by atoms with Crippen molar-refractivity contribution in [3.05, 3.63) is 18.0 Å². The summed E-state index contributed by atoms with van der Waals surface area (Å²) in [4.78, 5) is 0. The van der Waals surface area contributed by atoms with Crippen LogP contribution in [-0.2, 0) is 12.6 Å². The van der Waals surface area contributed by atoms with E-state index < -0.39 is 5.60 Å². The van der Waals surface area contributed by atoms with Crippen molar-refractivity contribution in [3.8, 4) is 0 Å². The Morgan fingerprint density at radius 2 is 2.20 bits per heavy atom. The van der Waals surface area contributed by atoms with Crippen molar-refractivity contribution in [2.75, 3.05) is 6.54 Å². The largest absolute Gasteiger partial charge is 0.384 e. The molecule has 0 amide bonds. The zero-order valence-corrected chi connectivity index (χ0v) is 13.1. The molecule has 0 saturated heterocycles. The van der Waals surface area contributed by atoms with E-state index >= 15 is 0 Å². The minimum Gasteiger partial charge on any atom is -0.384 e. The van der Waals surface area contributed by atoms with Crippen LogP contribution in [0.1, 0.15) is 57.9 Å². The molecule has 0 aromatic carbocycles. The summed E-state index contributed by atoms with van der Waals surface area (Å²) in [5.74, 6) is 0.943. The summed E-state index contributed by atoms with van der Waals surface area (Å²) in [7, 11) is 1.87. The lowest BCUT2D eigenvalue weighted by atomic mass is 9.97. The third-order valence-electron chi connectivity index (χ3n) is 4.60. The summed E-state index contributed by atoms with van der Waals surface area (Å²) in [5.41, 5.74) is 0.0195. The topological polar surface area (TPSA) is 50.1 Å². The predicted molar refractivity (Wildman–Crippen MR) is 81.4 cm³/mol. The molecule has 2 rings (SSSR count). The average Bonchev–Trinajstić information content (AvgIpc) is 3.05. The molecule has 2 N–H and O–H groups in total. The molecule has 1 heterocycles. The molecule has 1 aliphatic carbocycles. The third-order valence-corrected chi connectivity index (χ3v) is 4.60. The second-order valence-corrected chi connectivity index (χ2v) is 6.69. The van der Waals surface area contributed by atoms with Crippen molar-refractivity contribution in [1.82, 2.24) is 15.1 Å². The first kappa shape index (κ1) is 15.5. The minimum absolute atomic E-state index is 0.457. The van der Waals surface area contributed by atoms with Crippen LogP contribution in [0.4, 0.5) is 0 Å². The number of hydrogen-bond acceptors (Lipinski definition) is 3. The van der Waals surface area contributed by atoms with Crippen molar-refractivity contribution < 1.29 is 5.11 Å². The fourth-order valence-electron chi connectivity index (χ4n) is 3.06. The summed E-state index contributed by atoms with van der Waals surface area (Å²) in [6.45, 7) is 4.64. The van der Waals surface area contributed by atoms with E-state index in [0.717, 1.165) is 11.5 Å². The Morgan fingerprint density at radius 3 is 2.80 bits per heavy atom. The maximum Gasteiger partial charge on any atom is 0.102 e. The highest BCUT2D eigenvalue weighted by Gasteiger charge is 2.25. The van der Waals surface area contributed by atoms with Gasteiger partial charge in [-0.05, 0) is 32.6 Å². The quantitative estimate of drug-likeness (QED) is 0.806. The molecule has 0 radical (unpaired) electrons. The third kappa shape index (κ3) is 4.32. The number of aliphatic hydroxyl groups is 1. The molecular formula is C16H29N3O. The Labute approximate surface area is 122 Å². The van der Waals surface area contributed by atoms with Gasteiger partial charge in [-0.3, -0.25) is 4.68 Å². The van der Waals surface area contributed by atoms with Gasteiger partial charge in [0, 0.05) is 31.4 Å². The van der Waals surface area contributed by atoms with Gasteiger partial charge in [0.15, 0.2) is 0 Å². The minimum atomic E-state index is -0.851. The van der Waals surface area contributed by atoms with Gasteiger partial charge in [0.1, 0.15) is 5.60 Å². The van der Waals surface area contributed by atoms with Crippen LogP contribution >= 0.6 is 0 Å². The molecule has 2 unspecified atom stereocenters. The van der Waals surface area contributed by atoms with Crippen LogP contribution in [0.15, 0.2) is 12.4 Å². The van der Waals surface area contributed by atoms with Crippen LogP contribution in [-0.4, -0.2) is 27.5 Å². The standard InChI is InChI=1S/C16H29N3O/c1-13(8-9-14-6-4-5-7-14)17-12-16(2,20)15-10-18-19(3)11-15/h10-11,13-14,17,20H,4-9,12H2,1-3H3. The van der Waals surface area contributed by atoms with E-state index in [9.17, 15) is 5.11 Å². The van der Waals surface area contributed by atoms with E-state index in [0.29, 0.717) is 12.6 Å². The van der Waals surface area contributed by atoms with Crippen LogP contribution in [0.5, 0.6) is 0 Å². The molecule has 4 heteroatoms. The van der Waals surface area contributed by atoms with Gasteiger partial charge < -0.3 is 10.4 Å². The summed E-state index contributed by atoms with van der Waals surface area (Å²) in [6, 6.07) is 0.457. The highest BCUT2D eigenvalue weighted by Crippen LogP contribution is 2.29. The fourth-order valence-corrected chi connectivity index (χ4v) is 3.06. The zero-order chi connectivity index (χ0) is 14.6. The highest BCUT2D eigenvalue weighted by atomic mass is 16.3. The second-order valence-electron chi connectivity index (χ2n) is 6.69. The first-order valence-corrected chi connectivity index (χ1v) is 7.92. The molecule has 1 aromatic heterocycles. The van der Waals surface area contributed by atoms with Crippen molar-refractivity contribution in [2.45, 2.75) is 64.0 Å². The SMILES string of the molecule is CC(CCC1CCCC1)NCC(C)(O)c1cnn(C)c1. The number of hydrogen-bond donors (Lipinski definition) is 2. The van der Waals surface area contributed by atoms with Gasteiger partial charge in [0.25, 0.3) is 0 Å². The van der Waals surface area contributed by atoms with E-state index in [1.54, 1.807) is 10.9 Å². The number of aryl methyl sites for hydroxylation is 1. The lowest BCUT2D eigenvalue weighted by Gasteiger charge is -2.25. The van der Waals surface area contributed by atoms with Gasteiger partial charge >= 0.3 is 0 Å². The molecule has 114 valence electrons. The number of nitrogens with zero attached hydrogens (tertiary/aromatic N) is 2. The molecule has 2 atom stereocenters. The highest BCUT2D eigenvalue weighted by molar-refractivity contribution is 5.14. The summed E-state index contributed by atoms with van der Waals surface area (Å²) in [5, 5.41) is 18.1. The number of rotatable bonds is 7. The normalized spacial score (nSPS) is 21.0. The molecule has 1 aromatic rings. The molecule has 4 nitrogen and oxygen atoms in total. The summed E-state index contributed by atoms with van der Waals surface area (Å²) >= 11 is 0. The van der Waals surface area contributed by atoms with Gasteiger partial charge in [-0.2, -0.15) is 5.10 Å². The van der Waals surface area contributed by atoms with Gasteiger partial charge in [0.05, 0.1) is 6.20 Å². The second kappa shape index (κ2) is 6.72. The maximum atomic E-state index is 10.5. The van der Waals surface area contributed by atoms with Crippen molar-refractivity contribution in [1.29, 1.82) is 0 Å². The summed E-state index contributed by atoms with van der Waals surface area (Å²) in [6.07, 6.45) is 11.8. The molecular weight excluding hydrogens is 250 g/mol. The van der Waals surface area contributed by atoms with Crippen LogP contribution in [0.3, 0.4) is 0 Å². The van der Waals surface area contributed by atoms with Crippen LogP contribution in [0.25, 0.3) is 0 Å². The molecule has 0 aliphatic heterocycles. The molecule has 0 bridgehead atoms. The fraction of sp³-hybridized carbons (Fsp3) is 0.812. The van der Waals surface area contributed by atoms with E-state index in [2.05, 4.69) is 17.3 Å². The van der Waals surface area contributed by atoms with Gasteiger partial charge in [-0.15, -0.1) is 0 Å². The monoisotopic (exact) mass is 279 g/mol. The Hall–Kier alpha value is -0.870. The van der Waals surface area contributed by atoms with E-state index in [1.807, 2.05) is 20.2 Å². The summed E-state index contributed by atoms with van der Waals surface area (Å²) < 4.78 is 1.73. The Morgan fingerprint density at radius 1 is 1.50 bits per heavy atom. The van der Waals surface area contributed by atoms with Gasteiger partial charge in [-0.1, -0.05) is 25.7 Å². The average molecular weight is 279 g/mol. The van der Waals surface area contributed by atoms with Crippen molar-refractivity contribution in [3.63, 3.8) is 0 Å². The van der Waals surface area contributed by atoms with Gasteiger partial charge in [0.2, 0.25) is 0 Å². The molecule has 1 saturated carbocycles. The first-order valence-electron chi connectivity index (χ1n) is 7.92. The number of aromatic nitrogens is 2. The molecule has 0 spiro atoms. The molecule has 20 heavy (non-hydrogen) atoms. The van der Waals surface area contributed by atoms with Crippen molar-refractivity contribution >= 4 is 0 Å². The lowest BCUT2D eigenvalue weighted by molar-refractivity contribution is 0.0538. The van der Waals surface area contributed by atoms with Crippen molar-refractivity contribution in [2.24, 2.45) is 13.0 Å². The Bertz CT molecular complexity index is 408. The van der Waals surface area contributed by atoms with E-state index in [1.165, 1.54) is 38.5 Å².